The molecular weight excluding hydrogens is 312 g/mol. The van der Waals surface area contributed by atoms with Crippen molar-refractivity contribution in [2.24, 2.45) is 0 Å². The van der Waals surface area contributed by atoms with Crippen LogP contribution < -0.4 is 5.43 Å². The fourth-order valence-corrected chi connectivity index (χ4v) is 3.38. The molecule has 1 heterocycles. The molecule has 0 unspecified atom stereocenters. The van der Waals surface area contributed by atoms with Gasteiger partial charge in [0.05, 0.1) is 0 Å². The molecule has 0 radical (unpaired) electrons. The van der Waals surface area contributed by atoms with Gasteiger partial charge in [0.15, 0.2) is 5.43 Å². The van der Waals surface area contributed by atoms with E-state index in [1.165, 1.54) is 11.6 Å². The van der Waals surface area contributed by atoms with E-state index in [0.29, 0.717) is 17.3 Å². The normalized spacial score (nSPS) is 11.5. The second-order valence-corrected chi connectivity index (χ2v) is 6.56. The Morgan fingerprint density at radius 2 is 1.72 bits per heavy atom. The molecule has 0 spiro atoms. The van der Waals surface area contributed by atoms with Crippen molar-refractivity contribution in [1.82, 2.24) is 0 Å². The molecule has 0 saturated carbocycles. The summed E-state index contributed by atoms with van der Waals surface area (Å²) in [5.74, 6) is 1.02. The third-order valence-corrected chi connectivity index (χ3v) is 4.53. The zero-order chi connectivity index (χ0) is 17.6. The SMILES string of the molecule is CC(C)c1ccccc1-c1c2ccc(=O)cc-2oc2cc(O)ccc12. The van der Waals surface area contributed by atoms with E-state index in [4.69, 9.17) is 4.42 Å². The van der Waals surface area contributed by atoms with Gasteiger partial charge in [0.25, 0.3) is 0 Å². The highest BCUT2D eigenvalue weighted by atomic mass is 16.3. The molecule has 0 fully saturated rings. The summed E-state index contributed by atoms with van der Waals surface area (Å²) in [5.41, 5.74) is 4.74. The number of phenols is 1. The number of benzene rings is 3. The minimum absolute atomic E-state index is 0.0983. The molecule has 1 N–H and O–H groups in total. The van der Waals surface area contributed by atoms with Gasteiger partial charge in [0.2, 0.25) is 0 Å². The summed E-state index contributed by atoms with van der Waals surface area (Å²) in [4.78, 5) is 11.8. The summed E-state index contributed by atoms with van der Waals surface area (Å²) in [6.45, 7) is 4.33. The van der Waals surface area contributed by atoms with Crippen molar-refractivity contribution in [2.45, 2.75) is 19.8 Å². The Balaban J connectivity index is 2.20. The first-order chi connectivity index (χ1) is 12.0. The lowest BCUT2D eigenvalue weighted by molar-refractivity contribution is 0.474. The van der Waals surface area contributed by atoms with E-state index in [1.807, 2.05) is 24.3 Å². The average Bonchev–Trinajstić information content (AvgIpc) is 2.59. The van der Waals surface area contributed by atoms with Gasteiger partial charge >= 0.3 is 0 Å². The second kappa shape index (κ2) is 5.78. The van der Waals surface area contributed by atoms with Crippen LogP contribution in [0, 0.1) is 0 Å². The molecule has 0 saturated heterocycles. The summed E-state index contributed by atoms with van der Waals surface area (Å²) < 4.78 is 5.91. The molecule has 0 atom stereocenters. The Hall–Kier alpha value is -3.07. The average molecular weight is 330 g/mol. The topological polar surface area (TPSA) is 50.4 Å². The molecule has 2 aromatic carbocycles. The molecule has 0 bridgehead atoms. The van der Waals surface area contributed by atoms with E-state index in [-0.39, 0.29) is 11.2 Å². The number of hydrogen-bond acceptors (Lipinski definition) is 3. The van der Waals surface area contributed by atoms with Gasteiger partial charge in [0, 0.05) is 28.6 Å². The van der Waals surface area contributed by atoms with Gasteiger partial charge in [-0.15, -0.1) is 0 Å². The molecule has 0 amide bonds. The van der Waals surface area contributed by atoms with Gasteiger partial charge in [0.1, 0.15) is 17.1 Å². The number of fused-ring (bicyclic) bond motifs is 2. The minimum atomic E-state index is -0.0983. The van der Waals surface area contributed by atoms with Crippen LogP contribution in [0.25, 0.3) is 33.4 Å². The number of phenolic OH excluding ortho intramolecular Hbond substituents is 1. The predicted octanol–water partition coefficient (Wildman–Crippen LogP) is 5.39. The lowest BCUT2D eigenvalue weighted by atomic mass is 9.87. The maximum absolute atomic E-state index is 11.8. The molecule has 25 heavy (non-hydrogen) atoms. The van der Waals surface area contributed by atoms with Crippen molar-refractivity contribution in [3.63, 3.8) is 0 Å². The smallest absolute Gasteiger partial charge is 0.182 e. The van der Waals surface area contributed by atoms with Gasteiger partial charge < -0.3 is 9.52 Å². The molecule has 3 nitrogen and oxygen atoms in total. The number of rotatable bonds is 2. The zero-order valence-corrected chi connectivity index (χ0v) is 14.1. The lowest BCUT2D eigenvalue weighted by Crippen LogP contribution is -2.01. The van der Waals surface area contributed by atoms with Crippen molar-refractivity contribution in [3.05, 3.63) is 76.5 Å². The Kier molecular flexibility index (Phi) is 3.57. The van der Waals surface area contributed by atoms with E-state index in [2.05, 4.69) is 26.0 Å². The first-order valence-electron chi connectivity index (χ1n) is 8.33. The maximum atomic E-state index is 11.8. The molecule has 1 aliphatic carbocycles. The summed E-state index contributed by atoms with van der Waals surface area (Å²) in [7, 11) is 0. The van der Waals surface area contributed by atoms with Crippen LogP contribution in [0.2, 0.25) is 0 Å². The molecule has 3 heteroatoms. The predicted molar refractivity (Wildman–Crippen MR) is 100 cm³/mol. The molecule has 2 aromatic rings. The molecular formula is C22H18O3. The first-order valence-corrected chi connectivity index (χ1v) is 8.33. The van der Waals surface area contributed by atoms with Crippen molar-refractivity contribution >= 4 is 11.0 Å². The Morgan fingerprint density at radius 1 is 0.920 bits per heavy atom. The second-order valence-electron chi connectivity index (χ2n) is 6.56. The monoisotopic (exact) mass is 330 g/mol. The van der Waals surface area contributed by atoms with Crippen molar-refractivity contribution in [1.29, 1.82) is 0 Å². The van der Waals surface area contributed by atoms with Crippen molar-refractivity contribution < 1.29 is 9.52 Å². The highest BCUT2D eigenvalue weighted by Gasteiger charge is 2.20. The van der Waals surface area contributed by atoms with Crippen LogP contribution >= 0.6 is 0 Å². The van der Waals surface area contributed by atoms with Crippen molar-refractivity contribution in [3.8, 4) is 28.2 Å². The molecule has 1 aliphatic heterocycles. The Bertz CT molecular complexity index is 1110. The standard InChI is InChI=1S/C22H18O3/c1-13(2)16-5-3-4-6-17(16)22-18-9-7-14(23)11-20(18)25-21-12-15(24)8-10-19(21)22/h3-13,23H,1-2H3. The van der Waals surface area contributed by atoms with Crippen LogP contribution in [0.5, 0.6) is 5.75 Å². The summed E-state index contributed by atoms with van der Waals surface area (Å²) >= 11 is 0. The van der Waals surface area contributed by atoms with Gasteiger partial charge in [-0.25, -0.2) is 0 Å². The number of aromatic hydroxyl groups is 1. The lowest BCUT2D eigenvalue weighted by Gasteiger charge is -2.19. The van der Waals surface area contributed by atoms with Gasteiger partial charge in [-0.2, -0.15) is 0 Å². The highest BCUT2D eigenvalue weighted by molar-refractivity contribution is 6.02. The third kappa shape index (κ3) is 2.58. The first kappa shape index (κ1) is 15.5. The fraction of sp³-hybridized carbons (Fsp3) is 0.136. The summed E-state index contributed by atoms with van der Waals surface area (Å²) in [6.07, 6.45) is 0. The minimum Gasteiger partial charge on any atom is -0.508 e. The Labute approximate surface area is 145 Å². The van der Waals surface area contributed by atoms with Crippen LogP contribution in [0.15, 0.2) is 69.9 Å². The van der Waals surface area contributed by atoms with E-state index in [1.54, 1.807) is 18.2 Å². The quantitative estimate of drug-likeness (QED) is 0.501. The van der Waals surface area contributed by atoms with Crippen LogP contribution in [0.3, 0.4) is 0 Å². The van der Waals surface area contributed by atoms with Crippen LogP contribution in [-0.2, 0) is 0 Å². The molecule has 4 rings (SSSR count). The van der Waals surface area contributed by atoms with E-state index < -0.39 is 0 Å². The van der Waals surface area contributed by atoms with Crippen LogP contribution in [-0.4, -0.2) is 5.11 Å². The maximum Gasteiger partial charge on any atom is 0.182 e. The molecule has 124 valence electrons. The molecule has 2 aliphatic rings. The van der Waals surface area contributed by atoms with E-state index in [9.17, 15) is 9.90 Å². The van der Waals surface area contributed by atoms with Crippen LogP contribution in [0.4, 0.5) is 0 Å². The third-order valence-electron chi connectivity index (χ3n) is 4.53. The van der Waals surface area contributed by atoms with Gasteiger partial charge in [-0.1, -0.05) is 38.1 Å². The largest absolute Gasteiger partial charge is 0.508 e. The van der Waals surface area contributed by atoms with Gasteiger partial charge in [-0.05, 0) is 41.3 Å². The fourth-order valence-electron chi connectivity index (χ4n) is 3.38. The van der Waals surface area contributed by atoms with Crippen molar-refractivity contribution in [2.75, 3.05) is 0 Å². The van der Waals surface area contributed by atoms with E-state index >= 15 is 0 Å². The summed E-state index contributed by atoms with van der Waals surface area (Å²) in [6, 6.07) is 18.3. The van der Waals surface area contributed by atoms with Crippen LogP contribution in [0.1, 0.15) is 25.3 Å². The van der Waals surface area contributed by atoms with E-state index in [0.717, 1.165) is 22.1 Å². The summed E-state index contributed by atoms with van der Waals surface area (Å²) in [5, 5.41) is 10.8. The Morgan fingerprint density at radius 3 is 2.52 bits per heavy atom. The number of hydrogen-bond donors (Lipinski definition) is 1. The molecule has 0 aromatic heterocycles. The zero-order valence-electron chi connectivity index (χ0n) is 14.1. The highest BCUT2D eigenvalue weighted by Crippen LogP contribution is 2.42. The van der Waals surface area contributed by atoms with Gasteiger partial charge in [-0.3, -0.25) is 4.79 Å².